The Morgan fingerprint density at radius 1 is 0.947 bits per heavy atom. The maximum atomic E-state index is 12.4. The van der Waals surface area contributed by atoms with Gasteiger partial charge in [0, 0.05) is 13.1 Å². The standard InChI is InChI=1S/C14H21NO4/c16-13(11-5-6-12(19-11)14(17)18)15-7-9-3-1-2-4-10(9)8-15/h9-12H,1-8H2,(H,17,18)/t9?,10?,11-,12+/m0/s1. The molecule has 2 unspecified atom stereocenters. The van der Waals surface area contributed by atoms with Crippen LogP contribution in [0.5, 0.6) is 0 Å². The molecule has 2 heterocycles. The average molecular weight is 267 g/mol. The van der Waals surface area contributed by atoms with Crippen LogP contribution in [0.4, 0.5) is 0 Å². The first kappa shape index (κ1) is 12.9. The normalized spacial score (nSPS) is 38.2. The molecule has 0 aromatic heterocycles. The summed E-state index contributed by atoms with van der Waals surface area (Å²) in [6, 6.07) is 0. The van der Waals surface area contributed by atoms with Crippen molar-refractivity contribution in [1.82, 2.24) is 4.90 Å². The molecule has 1 amide bonds. The van der Waals surface area contributed by atoms with Crippen LogP contribution in [-0.4, -0.2) is 47.2 Å². The number of nitrogens with zero attached hydrogens (tertiary/aromatic N) is 1. The molecule has 2 saturated heterocycles. The number of ether oxygens (including phenoxy) is 1. The van der Waals surface area contributed by atoms with Crippen molar-refractivity contribution in [1.29, 1.82) is 0 Å². The molecule has 5 nitrogen and oxygen atoms in total. The lowest BCUT2D eigenvalue weighted by molar-refractivity contribution is -0.154. The fourth-order valence-electron chi connectivity index (χ4n) is 3.79. The predicted molar refractivity (Wildman–Crippen MR) is 67.6 cm³/mol. The van der Waals surface area contributed by atoms with Crippen LogP contribution in [0.25, 0.3) is 0 Å². The van der Waals surface area contributed by atoms with Gasteiger partial charge in [-0.2, -0.15) is 0 Å². The molecular weight excluding hydrogens is 246 g/mol. The van der Waals surface area contributed by atoms with Crippen LogP contribution in [0.3, 0.4) is 0 Å². The highest BCUT2D eigenvalue weighted by Crippen LogP contribution is 2.37. The SMILES string of the molecule is O=C(O)[C@H]1CC[C@@H](C(=O)N2CC3CCCCC3C2)O1. The Balaban J connectivity index is 1.58. The first-order chi connectivity index (χ1) is 9.15. The molecule has 2 aliphatic heterocycles. The predicted octanol–water partition coefficient (Wildman–Crippen LogP) is 1.27. The van der Waals surface area contributed by atoms with E-state index in [0.29, 0.717) is 24.7 Å². The van der Waals surface area contributed by atoms with Gasteiger partial charge in [-0.3, -0.25) is 4.79 Å². The number of hydrogen-bond donors (Lipinski definition) is 1. The summed E-state index contributed by atoms with van der Waals surface area (Å²) in [7, 11) is 0. The Morgan fingerprint density at radius 3 is 2.05 bits per heavy atom. The Morgan fingerprint density at radius 2 is 1.53 bits per heavy atom. The molecule has 0 radical (unpaired) electrons. The van der Waals surface area contributed by atoms with Gasteiger partial charge in [-0.05, 0) is 37.5 Å². The molecule has 3 aliphatic rings. The molecular formula is C14H21NO4. The van der Waals surface area contributed by atoms with E-state index in [1.807, 2.05) is 4.90 Å². The second kappa shape index (κ2) is 5.12. The van der Waals surface area contributed by atoms with Gasteiger partial charge in [0.05, 0.1) is 0 Å². The molecule has 1 aliphatic carbocycles. The lowest BCUT2D eigenvalue weighted by Crippen LogP contribution is -2.38. The second-order valence-corrected chi connectivity index (χ2v) is 6.08. The zero-order chi connectivity index (χ0) is 13.4. The van der Waals surface area contributed by atoms with E-state index in [0.717, 1.165) is 13.1 Å². The Kier molecular flexibility index (Phi) is 3.48. The summed E-state index contributed by atoms with van der Waals surface area (Å²) in [5.74, 6) is 0.382. The van der Waals surface area contributed by atoms with Crippen LogP contribution in [0.2, 0.25) is 0 Å². The number of likely N-dealkylation sites (tertiary alicyclic amines) is 1. The summed E-state index contributed by atoms with van der Waals surface area (Å²) in [6.45, 7) is 1.70. The highest BCUT2D eigenvalue weighted by molar-refractivity contribution is 5.83. The van der Waals surface area contributed by atoms with Crippen molar-refractivity contribution < 1.29 is 19.4 Å². The summed E-state index contributed by atoms with van der Waals surface area (Å²) in [5.41, 5.74) is 0. The van der Waals surface area contributed by atoms with Gasteiger partial charge in [-0.15, -0.1) is 0 Å². The van der Waals surface area contributed by atoms with Crippen molar-refractivity contribution in [3.8, 4) is 0 Å². The van der Waals surface area contributed by atoms with Crippen molar-refractivity contribution in [2.75, 3.05) is 13.1 Å². The monoisotopic (exact) mass is 267 g/mol. The number of carbonyl (C=O) groups excluding carboxylic acids is 1. The van der Waals surface area contributed by atoms with Crippen molar-refractivity contribution in [2.45, 2.75) is 50.7 Å². The van der Waals surface area contributed by atoms with E-state index < -0.39 is 18.2 Å². The van der Waals surface area contributed by atoms with E-state index >= 15 is 0 Å². The molecule has 5 heteroatoms. The first-order valence-corrected chi connectivity index (χ1v) is 7.32. The van der Waals surface area contributed by atoms with E-state index in [1.54, 1.807) is 0 Å². The van der Waals surface area contributed by atoms with Crippen LogP contribution in [0.15, 0.2) is 0 Å². The molecule has 1 N–H and O–H groups in total. The molecule has 0 bridgehead atoms. The number of fused-ring (bicyclic) bond motifs is 1. The molecule has 0 spiro atoms. The fraction of sp³-hybridized carbons (Fsp3) is 0.857. The zero-order valence-electron chi connectivity index (χ0n) is 11.1. The molecule has 4 atom stereocenters. The van der Waals surface area contributed by atoms with Crippen molar-refractivity contribution in [3.63, 3.8) is 0 Å². The van der Waals surface area contributed by atoms with Crippen LogP contribution in [-0.2, 0) is 14.3 Å². The van der Waals surface area contributed by atoms with E-state index in [1.165, 1.54) is 25.7 Å². The minimum Gasteiger partial charge on any atom is -0.479 e. The van der Waals surface area contributed by atoms with Crippen molar-refractivity contribution in [3.05, 3.63) is 0 Å². The van der Waals surface area contributed by atoms with Gasteiger partial charge in [0.2, 0.25) is 0 Å². The van der Waals surface area contributed by atoms with Gasteiger partial charge < -0.3 is 14.7 Å². The van der Waals surface area contributed by atoms with E-state index in [9.17, 15) is 9.59 Å². The summed E-state index contributed by atoms with van der Waals surface area (Å²) >= 11 is 0. The van der Waals surface area contributed by atoms with Crippen LogP contribution < -0.4 is 0 Å². The average Bonchev–Trinajstić information content (AvgIpc) is 3.04. The molecule has 3 fully saturated rings. The van der Waals surface area contributed by atoms with Gasteiger partial charge in [0.15, 0.2) is 6.10 Å². The van der Waals surface area contributed by atoms with Crippen LogP contribution in [0, 0.1) is 11.8 Å². The smallest absolute Gasteiger partial charge is 0.332 e. The summed E-state index contributed by atoms with van der Waals surface area (Å²) in [4.78, 5) is 25.1. The highest BCUT2D eigenvalue weighted by atomic mass is 16.5. The fourth-order valence-corrected chi connectivity index (χ4v) is 3.79. The van der Waals surface area contributed by atoms with Gasteiger partial charge in [-0.1, -0.05) is 12.8 Å². The number of amides is 1. The van der Waals surface area contributed by atoms with Gasteiger partial charge in [0.25, 0.3) is 5.91 Å². The molecule has 19 heavy (non-hydrogen) atoms. The summed E-state index contributed by atoms with van der Waals surface area (Å²) < 4.78 is 5.36. The zero-order valence-corrected chi connectivity index (χ0v) is 11.1. The largest absolute Gasteiger partial charge is 0.479 e. The lowest BCUT2D eigenvalue weighted by atomic mass is 9.82. The van der Waals surface area contributed by atoms with E-state index in [-0.39, 0.29) is 5.91 Å². The number of carboxylic acid groups (broad SMARTS) is 1. The molecule has 106 valence electrons. The van der Waals surface area contributed by atoms with E-state index in [4.69, 9.17) is 9.84 Å². The maximum Gasteiger partial charge on any atom is 0.332 e. The Hall–Kier alpha value is -1.10. The maximum absolute atomic E-state index is 12.4. The highest BCUT2D eigenvalue weighted by Gasteiger charge is 2.41. The number of aliphatic carboxylic acids is 1. The summed E-state index contributed by atoms with van der Waals surface area (Å²) in [6.07, 6.45) is 4.71. The quantitative estimate of drug-likeness (QED) is 0.818. The van der Waals surface area contributed by atoms with Crippen molar-refractivity contribution in [2.24, 2.45) is 11.8 Å². The Labute approximate surface area is 112 Å². The second-order valence-electron chi connectivity index (χ2n) is 6.08. The Bertz CT molecular complexity index is 370. The van der Waals surface area contributed by atoms with Crippen molar-refractivity contribution >= 4 is 11.9 Å². The summed E-state index contributed by atoms with van der Waals surface area (Å²) in [5, 5.41) is 8.90. The van der Waals surface area contributed by atoms with Gasteiger partial charge in [0.1, 0.15) is 6.10 Å². The number of rotatable bonds is 2. The topological polar surface area (TPSA) is 66.8 Å². The van der Waals surface area contributed by atoms with Gasteiger partial charge in [-0.25, -0.2) is 4.79 Å². The third-order valence-corrected chi connectivity index (χ3v) is 4.86. The lowest BCUT2D eigenvalue weighted by Gasteiger charge is -2.22. The van der Waals surface area contributed by atoms with Crippen LogP contribution >= 0.6 is 0 Å². The molecule has 0 aromatic carbocycles. The number of carbonyl (C=O) groups is 2. The minimum atomic E-state index is -0.953. The molecule has 0 aromatic rings. The van der Waals surface area contributed by atoms with Gasteiger partial charge >= 0.3 is 5.97 Å². The number of carboxylic acids is 1. The molecule has 1 saturated carbocycles. The number of hydrogen-bond acceptors (Lipinski definition) is 3. The minimum absolute atomic E-state index is 0.0122. The third-order valence-electron chi connectivity index (χ3n) is 4.86. The van der Waals surface area contributed by atoms with Crippen LogP contribution in [0.1, 0.15) is 38.5 Å². The first-order valence-electron chi connectivity index (χ1n) is 7.32. The van der Waals surface area contributed by atoms with E-state index in [2.05, 4.69) is 0 Å². The third kappa shape index (κ3) is 2.48. The molecule has 3 rings (SSSR count).